The fraction of sp³-hybridized carbons (Fsp3) is 0.143. The van der Waals surface area contributed by atoms with Gasteiger partial charge in [0.2, 0.25) is 11.8 Å². The predicted molar refractivity (Wildman–Crippen MR) is 96.5 cm³/mol. The number of nitrogens with zero attached hydrogens (tertiary/aromatic N) is 1. The van der Waals surface area contributed by atoms with Crippen LogP contribution in [-0.2, 0) is 9.59 Å². The highest BCUT2D eigenvalue weighted by molar-refractivity contribution is 6.28. The van der Waals surface area contributed by atoms with E-state index in [-0.39, 0.29) is 11.8 Å². The Morgan fingerprint density at radius 3 is 1.96 bits per heavy atom. The summed E-state index contributed by atoms with van der Waals surface area (Å²) >= 11 is 0. The second kappa shape index (κ2) is 4.78. The van der Waals surface area contributed by atoms with Gasteiger partial charge in [-0.25, -0.2) is 4.90 Å². The lowest BCUT2D eigenvalue weighted by Crippen LogP contribution is -2.40. The molecule has 1 saturated heterocycles. The molecule has 0 bridgehead atoms. The first-order valence-electron chi connectivity index (χ1n) is 8.26. The molecular weight excluding hydrogens is 298 g/mol. The van der Waals surface area contributed by atoms with Crippen LogP contribution in [0.25, 0.3) is 32.3 Å². The van der Waals surface area contributed by atoms with Gasteiger partial charge in [-0.2, -0.15) is 0 Å². The van der Waals surface area contributed by atoms with Gasteiger partial charge >= 0.3 is 0 Å². The van der Waals surface area contributed by atoms with Crippen LogP contribution in [0.5, 0.6) is 0 Å². The third-order valence-corrected chi connectivity index (χ3v) is 5.03. The van der Waals surface area contributed by atoms with Crippen LogP contribution in [0.4, 0.5) is 5.69 Å². The highest BCUT2D eigenvalue weighted by Crippen LogP contribution is 2.39. The maximum absolute atomic E-state index is 12.4. The number of hydrogen-bond donors (Lipinski definition) is 0. The first-order chi connectivity index (χ1) is 11.7. The SMILES string of the molecule is O=C1CCCC(=O)N1c1ccc2ccc3cccc4ccc1c2c34. The first-order valence-corrected chi connectivity index (χ1v) is 8.26. The molecule has 1 heterocycles. The van der Waals surface area contributed by atoms with Gasteiger partial charge in [0.1, 0.15) is 0 Å². The highest BCUT2D eigenvalue weighted by Gasteiger charge is 2.29. The molecule has 0 N–H and O–H groups in total. The molecule has 116 valence electrons. The number of anilines is 1. The largest absolute Gasteiger partial charge is 0.274 e. The number of rotatable bonds is 1. The molecule has 0 atom stereocenters. The minimum absolute atomic E-state index is 0.0960. The normalized spacial score (nSPS) is 15.9. The Bertz CT molecular complexity index is 1100. The van der Waals surface area contributed by atoms with Crippen LogP contribution < -0.4 is 4.90 Å². The predicted octanol–water partition coefficient (Wildman–Crippen LogP) is 4.63. The monoisotopic (exact) mass is 313 g/mol. The summed E-state index contributed by atoms with van der Waals surface area (Å²) in [6.07, 6.45) is 1.53. The Kier molecular flexibility index (Phi) is 2.69. The van der Waals surface area contributed by atoms with Crippen molar-refractivity contribution in [3.05, 3.63) is 54.6 Å². The summed E-state index contributed by atoms with van der Waals surface area (Å²) in [6.45, 7) is 0. The van der Waals surface area contributed by atoms with Gasteiger partial charge in [0.05, 0.1) is 5.69 Å². The average Bonchev–Trinajstić information content (AvgIpc) is 2.60. The van der Waals surface area contributed by atoms with Crippen LogP contribution in [0, 0.1) is 0 Å². The lowest BCUT2D eigenvalue weighted by atomic mass is 9.93. The van der Waals surface area contributed by atoms with E-state index in [1.54, 1.807) is 0 Å². The van der Waals surface area contributed by atoms with E-state index in [0.717, 1.165) is 21.8 Å². The van der Waals surface area contributed by atoms with E-state index >= 15 is 0 Å². The third kappa shape index (κ3) is 1.72. The summed E-state index contributed by atoms with van der Waals surface area (Å²) in [5.41, 5.74) is 0.718. The molecule has 1 fully saturated rings. The van der Waals surface area contributed by atoms with Crippen molar-refractivity contribution in [1.29, 1.82) is 0 Å². The number of carbonyl (C=O) groups excluding carboxylic acids is 2. The van der Waals surface area contributed by atoms with E-state index in [0.29, 0.717) is 19.3 Å². The van der Waals surface area contributed by atoms with Crippen LogP contribution in [0.1, 0.15) is 19.3 Å². The molecule has 24 heavy (non-hydrogen) atoms. The van der Waals surface area contributed by atoms with Gasteiger partial charge in [-0.3, -0.25) is 9.59 Å². The smallest absolute Gasteiger partial charge is 0.233 e. The lowest BCUT2D eigenvalue weighted by molar-refractivity contribution is -0.128. The van der Waals surface area contributed by atoms with Crippen LogP contribution in [0.2, 0.25) is 0 Å². The minimum Gasteiger partial charge on any atom is -0.274 e. The number of amides is 2. The van der Waals surface area contributed by atoms with Crippen molar-refractivity contribution in [3.8, 4) is 0 Å². The molecule has 3 heteroatoms. The number of hydrogen-bond acceptors (Lipinski definition) is 2. The lowest BCUT2D eigenvalue weighted by Gasteiger charge is -2.26. The molecule has 3 nitrogen and oxygen atoms in total. The van der Waals surface area contributed by atoms with Gasteiger partial charge in [-0.05, 0) is 39.4 Å². The van der Waals surface area contributed by atoms with Gasteiger partial charge in [0, 0.05) is 18.2 Å². The Morgan fingerprint density at radius 2 is 1.25 bits per heavy atom. The van der Waals surface area contributed by atoms with Crippen LogP contribution in [0.15, 0.2) is 54.6 Å². The Morgan fingerprint density at radius 1 is 0.667 bits per heavy atom. The van der Waals surface area contributed by atoms with Crippen molar-refractivity contribution in [1.82, 2.24) is 0 Å². The van der Waals surface area contributed by atoms with E-state index in [4.69, 9.17) is 0 Å². The Hall–Kier alpha value is -2.94. The van der Waals surface area contributed by atoms with Gasteiger partial charge in [0.15, 0.2) is 0 Å². The highest BCUT2D eigenvalue weighted by atomic mass is 16.2. The third-order valence-electron chi connectivity index (χ3n) is 5.03. The second-order valence-electron chi connectivity index (χ2n) is 6.42. The molecule has 5 rings (SSSR count). The molecule has 4 aromatic carbocycles. The number of piperidine rings is 1. The van der Waals surface area contributed by atoms with Crippen molar-refractivity contribution in [3.63, 3.8) is 0 Å². The fourth-order valence-electron chi connectivity index (χ4n) is 3.94. The molecule has 1 aliphatic heterocycles. The molecule has 0 aromatic heterocycles. The van der Waals surface area contributed by atoms with Crippen LogP contribution in [-0.4, -0.2) is 11.8 Å². The zero-order chi connectivity index (χ0) is 16.3. The maximum atomic E-state index is 12.4. The fourth-order valence-corrected chi connectivity index (χ4v) is 3.94. The zero-order valence-corrected chi connectivity index (χ0v) is 13.1. The van der Waals surface area contributed by atoms with E-state index in [1.807, 2.05) is 18.2 Å². The minimum atomic E-state index is -0.0960. The summed E-state index contributed by atoms with van der Waals surface area (Å²) in [5.74, 6) is -0.192. The molecule has 0 aliphatic carbocycles. The second-order valence-corrected chi connectivity index (χ2v) is 6.42. The molecule has 1 aliphatic rings. The van der Waals surface area contributed by atoms with Crippen LogP contribution in [0.3, 0.4) is 0 Å². The topological polar surface area (TPSA) is 37.4 Å². The first kappa shape index (κ1) is 13.5. The molecule has 0 unspecified atom stereocenters. The molecule has 0 spiro atoms. The summed E-state index contributed by atoms with van der Waals surface area (Å²) < 4.78 is 0. The zero-order valence-electron chi connectivity index (χ0n) is 13.1. The van der Waals surface area contributed by atoms with E-state index in [9.17, 15) is 9.59 Å². The maximum Gasteiger partial charge on any atom is 0.233 e. The van der Waals surface area contributed by atoms with Gasteiger partial charge in [0.25, 0.3) is 0 Å². The van der Waals surface area contributed by atoms with Crippen molar-refractivity contribution >= 4 is 49.8 Å². The quantitative estimate of drug-likeness (QED) is 0.379. The van der Waals surface area contributed by atoms with Crippen molar-refractivity contribution in [2.45, 2.75) is 19.3 Å². The summed E-state index contributed by atoms with van der Waals surface area (Å²) in [7, 11) is 0. The van der Waals surface area contributed by atoms with E-state index in [2.05, 4.69) is 36.4 Å². The van der Waals surface area contributed by atoms with Gasteiger partial charge in [-0.15, -0.1) is 0 Å². The van der Waals surface area contributed by atoms with Crippen molar-refractivity contribution < 1.29 is 9.59 Å². The number of benzene rings is 4. The van der Waals surface area contributed by atoms with Crippen LogP contribution >= 0.6 is 0 Å². The summed E-state index contributed by atoms with van der Waals surface area (Å²) in [4.78, 5) is 26.1. The standard InChI is InChI=1S/C21H15NO2/c23-18-5-2-6-19(24)22(18)17-12-10-15-8-7-13-3-1-4-14-9-11-16(17)21(15)20(13)14/h1,3-4,7-12H,2,5-6H2. The Balaban J connectivity index is 1.90. The van der Waals surface area contributed by atoms with Gasteiger partial charge in [-0.1, -0.05) is 48.5 Å². The average molecular weight is 313 g/mol. The van der Waals surface area contributed by atoms with E-state index < -0.39 is 0 Å². The van der Waals surface area contributed by atoms with Crippen molar-refractivity contribution in [2.24, 2.45) is 0 Å². The van der Waals surface area contributed by atoms with E-state index in [1.165, 1.54) is 21.1 Å². The van der Waals surface area contributed by atoms with Gasteiger partial charge < -0.3 is 0 Å². The molecule has 2 amide bonds. The molecule has 0 radical (unpaired) electrons. The molecular formula is C21H15NO2. The number of imide groups is 1. The molecule has 4 aromatic rings. The van der Waals surface area contributed by atoms with Crippen molar-refractivity contribution in [2.75, 3.05) is 4.90 Å². The summed E-state index contributed by atoms with van der Waals surface area (Å²) in [6, 6.07) is 18.5. The molecule has 0 saturated carbocycles. The summed E-state index contributed by atoms with van der Waals surface area (Å²) in [5, 5.41) is 6.80. The Labute approximate surface area is 138 Å². The number of carbonyl (C=O) groups is 2.